The molecule has 1 heterocycles. The van der Waals surface area contributed by atoms with Crippen molar-refractivity contribution in [3.05, 3.63) is 89.5 Å². The van der Waals surface area contributed by atoms with Crippen LogP contribution in [0.4, 0.5) is 0 Å². The van der Waals surface area contributed by atoms with Crippen LogP contribution in [0, 0.1) is 0 Å². The van der Waals surface area contributed by atoms with E-state index >= 15 is 0 Å². The quantitative estimate of drug-likeness (QED) is 0.279. The van der Waals surface area contributed by atoms with E-state index < -0.39 is 37.3 Å². The van der Waals surface area contributed by atoms with Crippen LogP contribution >= 0.6 is 0 Å². The average molecular weight is 525 g/mol. The Balaban J connectivity index is 1.59. The van der Waals surface area contributed by atoms with Crippen molar-refractivity contribution in [2.75, 3.05) is 13.7 Å². The molecule has 202 valence electrons. The maximum Gasteiger partial charge on any atom is 0.229 e. The fraction of sp³-hybridized carbons (Fsp3) is 0.345. The van der Waals surface area contributed by atoms with E-state index in [4.69, 9.17) is 18.9 Å². The van der Waals surface area contributed by atoms with Crippen molar-refractivity contribution >= 4 is 5.78 Å². The number of methoxy groups -OCH3 is 1. The summed E-state index contributed by atoms with van der Waals surface area (Å²) < 4.78 is 22.6. The highest BCUT2D eigenvalue weighted by atomic mass is 16.7. The van der Waals surface area contributed by atoms with Gasteiger partial charge in [-0.25, -0.2) is 0 Å². The van der Waals surface area contributed by atoms with Crippen LogP contribution in [0.2, 0.25) is 0 Å². The lowest BCUT2D eigenvalue weighted by Gasteiger charge is -2.39. The third-order valence-electron chi connectivity index (χ3n) is 6.40. The molecule has 0 bridgehead atoms. The molecule has 3 aromatic rings. The maximum absolute atomic E-state index is 13.5. The Hall–Kier alpha value is -3.47. The van der Waals surface area contributed by atoms with Gasteiger partial charge in [-0.2, -0.15) is 0 Å². The van der Waals surface area contributed by atoms with Crippen molar-refractivity contribution in [3.8, 4) is 17.2 Å². The second-order valence-electron chi connectivity index (χ2n) is 8.99. The summed E-state index contributed by atoms with van der Waals surface area (Å²) in [4.78, 5) is 13.5. The number of carbonyl (C=O) groups is 1. The van der Waals surface area contributed by atoms with Gasteiger partial charge < -0.3 is 39.4 Å². The van der Waals surface area contributed by atoms with Crippen LogP contribution in [0.15, 0.2) is 72.8 Å². The molecular formula is C29H32O9. The number of Topliss-reactive ketones (excluding diaryl/α,β-unsaturated/α-hetero) is 1. The minimum Gasteiger partial charge on any atom is -0.497 e. The number of hydrogen-bond acceptors (Lipinski definition) is 9. The first-order chi connectivity index (χ1) is 18.4. The fourth-order valence-electron chi connectivity index (χ4n) is 4.20. The van der Waals surface area contributed by atoms with Gasteiger partial charge in [0.1, 0.15) is 53.8 Å². The monoisotopic (exact) mass is 524 g/mol. The number of aliphatic hydroxyl groups is 4. The Morgan fingerprint density at radius 2 is 1.55 bits per heavy atom. The van der Waals surface area contributed by atoms with Gasteiger partial charge in [0.05, 0.1) is 13.7 Å². The third-order valence-corrected chi connectivity index (χ3v) is 6.40. The van der Waals surface area contributed by atoms with Gasteiger partial charge in [0.25, 0.3) is 0 Å². The standard InChI is InChI=1S/C29H32O9/c1-35-20-13-10-18(11-14-20)12-15-21(31)25-22(36-17-19-6-3-2-4-7-19)8-5-9-23(25)37-29-28(34)27(33)26(32)24(16-30)38-29/h2-11,13-14,24,26-30,32-34H,12,15-17H2,1H3/t24-,26-,27+,28-,29-/m1/s1. The molecule has 0 aliphatic carbocycles. The van der Waals surface area contributed by atoms with Gasteiger partial charge in [-0.3, -0.25) is 4.79 Å². The molecular weight excluding hydrogens is 492 g/mol. The molecule has 0 unspecified atom stereocenters. The predicted octanol–water partition coefficient (Wildman–Crippen LogP) is 2.27. The summed E-state index contributed by atoms with van der Waals surface area (Å²) in [5.41, 5.74) is 2.01. The Morgan fingerprint density at radius 1 is 0.842 bits per heavy atom. The molecule has 1 aliphatic rings. The summed E-state index contributed by atoms with van der Waals surface area (Å²) in [5, 5.41) is 40.2. The highest BCUT2D eigenvalue weighted by molar-refractivity contribution is 6.01. The number of ether oxygens (including phenoxy) is 4. The predicted molar refractivity (Wildman–Crippen MR) is 137 cm³/mol. The number of aliphatic hydroxyl groups excluding tert-OH is 4. The molecule has 0 amide bonds. The molecule has 0 saturated carbocycles. The molecule has 4 rings (SSSR count). The van der Waals surface area contributed by atoms with Crippen LogP contribution in [0.1, 0.15) is 27.9 Å². The minimum atomic E-state index is -1.62. The zero-order valence-electron chi connectivity index (χ0n) is 21.0. The zero-order valence-corrected chi connectivity index (χ0v) is 21.0. The van der Waals surface area contributed by atoms with Crippen molar-refractivity contribution in [2.45, 2.75) is 50.2 Å². The lowest BCUT2D eigenvalue weighted by atomic mass is 9.99. The lowest BCUT2D eigenvalue weighted by molar-refractivity contribution is -0.277. The largest absolute Gasteiger partial charge is 0.497 e. The summed E-state index contributed by atoms with van der Waals surface area (Å²) >= 11 is 0. The van der Waals surface area contributed by atoms with Gasteiger partial charge in [-0.05, 0) is 41.8 Å². The van der Waals surface area contributed by atoms with Gasteiger partial charge in [0.15, 0.2) is 5.78 Å². The molecule has 1 aliphatic heterocycles. The van der Waals surface area contributed by atoms with E-state index in [0.29, 0.717) is 6.42 Å². The van der Waals surface area contributed by atoms with Crippen LogP contribution < -0.4 is 14.2 Å². The normalized spacial score (nSPS) is 23.0. The number of rotatable bonds is 11. The van der Waals surface area contributed by atoms with Gasteiger partial charge in [-0.1, -0.05) is 48.5 Å². The molecule has 0 spiro atoms. The van der Waals surface area contributed by atoms with E-state index in [1.807, 2.05) is 54.6 Å². The minimum absolute atomic E-state index is 0.0830. The smallest absolute Gasteiger partial charge is 0.229 e. The van der Waals surface area contributed by atoms with Crippen LogP contribution in [-0.4, -0.2) is 70.6 Å². The highest BCUT2D eigenvalue weighted by Crippen LogP contribution is 2.34. The molecule has 4 N–H and O–H groups in total. The molecule has 1 saturated heterocycles. The molecule has 1 fully saturated rings. The summed E-state index contributed by atoms with van der Waals surface area (Å²) in [7, 11) is 1.59. The number of hydrogen-bond donors (Lipinski definition) is 4. The van der Waals surface area contributed by atoms with E-state index in [2.05, 4.69) is 0 Å². The lowest BCUT2D eigenvalue weighted by Crippen LogP contribution is -2.60. The van der Waals surface area contributed by atoms with Crippen LogP contribution in [0.5, 0.6) is 17.2 Å². The number of carbonyl (C=O) groups excluding carboxylic acids is 1. The second-order valence-corrected chi connectivity index (χ2v) is 8.99. The number of benzene rings is 3. The average Bonchev–Trinajstić information content (AvgIpc) is 2.96. The highest BCUT2D eigenvalue weighted by Gasteiger charge is 2.45. The first-order valence-corrected chi connectivity index (χ1v) is 12.3. The molecule has 38 heavy (non-hydrogen) atoms. The van der Waals surface area contributed by atoms with Gasteiger partial charge in [0.2, 0.25) is 6.29 Å². The first kappa shape index (κ1) is 27.6. The SMILES string of the molecule is COc1ccc(CCC(=O)c2c(OCc3ccccc3)cccc2O[C@@H]2O[C@H](CO)[C@@H](O)[C@H](O)[C@H]2O)cc1. The van der Waals surface area contributed by atoms with Crippen LogP contribution in [0.25, 0.3) is 0 Å². The Morgan fingerprint density at radius 3 is 2.24 bits per heavy atom. The van der Waals surface area contributed by atoms with Crippen molar-refractivity contribution in [1.82, 2.24) is 0 Å². The summed E-state index contributed by atoms with van der Waals surface area (Å²) in [6.07, 6.45) is -6.76. The summed E-state index contributed by atoms with van der Waals surface area (Å²) in [5.74, 6) is 0.828. The van der Waals surface area contributed by atoms with Gasteiger partial charge >= 0.3 is 0 Å². The number of ketones is 1. The molecule has 0 radical (unpaired) electrons. The van der Waals surface area contributed by atoms with E-state index in [0.717, 1.165) is 16.9 Å². The van der Waals surface area contributed by atoms with Crippen molar-refractivity contribution in [2.24, 2.45) is 0 Å². The molecule has 5 atom stereocenters. The van der Waals surface area contributed by atoms with Crippen LogP contribution in [-0.2, 0) is 17.8 Å². The van der Waals surface area contributed by atoms with E-state index in [9.17, 15) is 25.2 Å². The van der Waals surface area contributed by atoms with E-state index in [1.54, 1.807) is 19.2 Å². The molecule has 9 heteroatoms. The Bertz CT molecular complexity index is 1180. The topological polar surface area (TPSA) is 135 Å². The van der Waals surface area contributed by atoms with E-state index in [1.165, 1.54) is 6.07 Å². The Labute approximate surface area is 220 Å². The van der Waals surface area contributed by atoms with E-state index in [-0.39, 0.29) is 35.9 Å². The van der Waals surface area contributed by atoms with Crippen molar-refractivity contribution in [3.63, 3.8) is 0 Å². The zero-order chi connectivity index (χ0) is 27.1. The molecule has 9 nitrogen and oxygen atoms in total. The third kappa shape index (κ3) is 6.50. The van der Waals surface area contributed by atoms with Gasteiger partial charge in [-0.15, -0.1) is 0 Å². The number of aryl methyl sites for hydroxylation is 1. The van der Waals surface area contributed by atoms with Crippen molar-refractivity contribution in [1.29, 1.82) is 0 Å². The summed E-state index contributed by atoms with van der Waals surface area (Å²) in [6, 6.07) is 21.7. The molecule has 0 aromatic heterocycles. The second kappa shape index (κ2) is 12.9. The van der Waals surface area contributed by atoms with Gasteiger partial charge in [0, 0.05) is 6.42 Å². The fourth-order valence-corrected chi connectivity index (χ4v) is 4.20. The van der Waals surface area contributed by atoms with Crippen molar-refractivity contribution < 1.29 is 44.2 Å². The van der Waals surface area contributed by atoms with Crippen LogP contribution in [0.3, 0.4) is 0 Å². The molecule has 3 aromatic carbocycles. The maximum atomic E-state index is 13.5. The Kier molecular flexibility index (Phi) is 9.33. The summed E-state index contributed by atoms with van der Waals surface area (Å²) in [6.45, 7) is -0.387. The first-order valence-electron chi connectivity index (χ1n) is 12.3.